The molecule has 1 aliphatic heterocycles. The molecule has 22 heavy (non-hydrogen) atoms. The number of ether oxygens (including phenoxy) is 1. The topological polar surface area (TPSA) is 102 Å². The van der Waals surface area contributed by atoms with Gasteiger partial charge in [0.25, 0.3) is 5.69 Å². The van der Waals surface area contributed by atoms with Crippen LogP contribution in [0.15, 0.2) is 17.0 Å². The second-order valence-electron chi connectivity index (χ2n) is 4.60. The number of nitrogens with zero attached hydrogens (tertiary/aromatic N) is 2. The van der Waals surface area contributed by atoms with Crippen LogP contribution in [0.3, 0.4) is 0 Å². The average molecular weight is 350 g/mol. The van der Waals surface area contributed by atoms with E-state index in [-0.39, 0.29) is 47.6 Å². The zero-order chi connectivity index (χ0) is 16.3. The van der Waals surface area contributed by atoms with Crippen LogP contribution in [0.1, 0.15) is 6.92 Å². The van der Waals surface area contributed by atoms with Gasteiger partial charge in [0, 0.05) is 25.7 Å². The zero-order valence-corrected chi connectivity index (χ0v) is 13.5. The fourth-order valence-electron chi connectivity index (χ4n) is 2.15. The van der Waals surface area contributed by atoms with Gasteiger partial charge in [0.05, 0.1) is 23.2 Å². The van der Waals surface area contributed by atoms with Crippen molar-refractivity contribution in [2.75, 3.05) is 38.2 Å². The van der Waals surface area contributed by atoms with Crippen molar-refractivity contribution in [1.29, 1.82) is 0 Å². The van der Waals surface area contributed by atoms with Crippen molar-refractivity contribution in [2.24, 2.45) is 0 Å². The lowest BCUT2D eigenvalue weighted by atomic mass is 10.2. The maximum Gasteiger partial charge on any atom is 0.293 e. The third-order valence-electron chi connectivity index (χ3n) is 3.20. The molecule has 1 fully saturated rings. The Balaban J connectivity index is 2.50. The number of anilines is 1. The van der Waals surface area contributed by atoms with Crippen LogP contribution >= 0.6 is 11.6 Å². The van der Waals surface area contributed by atoms with Crippen LogP contribution in [0.25, 0.3) is 0 Å². The van der Waals surface area contributed by atoms with Gasteiger partial charge in [0.15, 0.2) is 0 Å². The molecule has 1 heterocycles. The maximum atomic E-state index is 12.6. The van der Waals surface area contributed by atoms with Gasteiger partial charge in [-0.25, -0.2) is 8.42 Å². The van der Waals surface area contributed by atoms with E-state index in [1.807, 2.05) is 0 Å². The normalized spacial score (nSPS) is 16.5. The Morgan fingerprint density at radius 2 is 2.05 bits per heavy atom. The van der Waals surface area contributed by atoms with E-state index in [4.69, 9.17) is 16.3 Å². The van der Waals surface area contributed by atoms with Crippen LogP contribution in [0, 0.1) is 10.1 Å². The van der Waals surface area contributed by atoms with Crippen LogP contribution in [0.4, 0.5) is 11.4 Å². The largest absolute Gasteiger partial charge is 0.380 e. The van der Waals surface area contributed by atoms with E-state index in [1.165, 1.54) is 10.4 Å². The monoisotopic (exact) mass is 349 g/mol. The smallest absolute Gasteiger partial charge is 0.293 e. The van der Waals surface area contributed by atoms with Crippen molar-refractivity contribution >= 4 is 33.0 Å². The summed E-state index contributed by atoms with van der Waals surface area (Å²) in [6.07, 6.45) is 0. The number of hydrogen-bond donors (Lipinski definition) is 1. The molecule has 0 saturated carbocycles. The summed E-state index contributed by atoms with van der Waals surface area (Å²) in [4.78, 5) is 10.3. The van der Waals surface area contributed by atoms with Gasteiger partial charge in [-0.2, -0.15) is 4.31 Å². The number of nitrogens with one attached hydrogen (secondary N) is 1. The van der Waals surface area contributed by atoms with E-state index in [0.29, 0.717) is 6.54 Å². The molecule has 1 N–H and O–H groups in total. The van der Waals surface area contributed by atoms with E-state index in [0.717, 1.165) is 6.07 Å². The maximum absolute atomic E-state index is 12.6. The molecule has 10 heteroatoms. The summed E-state index contributed by atoms with van der Waals surface area (Å²) < 4.78 is 31.5. The van der Waals surface area contributed by atoms with Gasteiger partial charge in [-0.15, -0.1) is 0 Å². The number of sulfonamides is 1. The van der Waals surface area contributed by atoms with Gasteiger partial charge in [-0.1, -0.05) is 11.6 Å². The highest BCUT2D eigenvalue weighted by molar-refractivity contribution is 7.89. The number of nitro groups is 1. The lowest BCUT2D eigenvalue weighted by molar-refractivity contribution is -0.384. The van der Waals surface area contributed by atoms with E-state index in [2.05, 4.69) is 5.32 Å². The SMILES string of the molecule is CCNc1cc(Cl)c(S(=O)(=O)N2CCOCC2)cc1[N+](=O)[O-]. The lowest BCUT2D eigenvalue weighted by Gasteiger charge is -2.26. The van der Waals surface area contributed by atoms with Crippen molar-refractivity contribution in [3.05, 3.63) is 27.3 Å². The highest BCUT2D eigenvalue weighted by atomic mass is 35.5. The lowest BCUT2D eigenvalue weighted by Crippen LogP contribution is -2.40. The summed E-state index contributed by atoms with van der Waals surface area (Å²) >= 11 is 6.05. The van der Waals surface area contributed by atoms with Gasteiger partial charge in [0.2, 0.25) is 10.0 Å². The molecule has 1 aromatic rings. The summed E-state index contributed by atoms with van der Waals surface area (Å²) in [5.41, 5.74) is -0.128. The summed E-state index contributed by atoms with van der Waals surface area (Å²) in [6.45, 7) is 3.19. The average Bonchev–Trinajstić information content (AvgIpc) is 2.48. The van der Waals surface area contributed by atoms with Crippen molar-refractivity contribution in [3.63, 3.8) is 0 Å². The van der Waals surface area contributed by atoms with E-state index in [9.17, 15) is 18.5 Å². The minimum absolute atomic E-state index is 0.0481. The predicted molar refractivity (Wildman–Crippen MR) is 81.8 cm³/mol. The highest BCUT2D eigenvalue weighted by Crippen LogP contribution is 2.35. The number of morpholine rings is 1. The Morgan fingerprint density at radius 1 is 1.41 bits per heavy atom. The van der Waals surface area contributed by atoms with Gasteiger partial charge in [-0.05, 0) is 13.0 Å². The van der Waals surface area contributed by atoms with Crippen LogP contribution in [-0.2, 0) is 14.8 Å². The Labute approximate surface area is 133 Å². The third-order valence-corrected chi connectivity index (χ3v) is 5.57. The molecule has 0 unspecified atom stereocenters. The predicted octanol–water partition coefficient (Wildman–Crippen LogP) is 1.70. The molecule has 0 aromatic heterocycles. The molecule has 1 aromatic carbocycles. The number of nitro benzene ring substituents is 1. The van der Waals surface area contributed by atoms with Crippen molar-refractivity contribution < 1.29 is 18.1 Å². The molecule has 0 aliphatic carbocycles. The Kier molecular flexibility index (Phi) is 5.22. The summed E-state index contributed by atoms with van der Waals surface area (Å²) in [5, 5.41) is 13.9. The number of benzene rings is 1. The van der Waals surface area contributed by atoms with Crippen LogP contribution in [0.5, 0.6) is 0 Å². The van der Waals surface area contributed by atoms with Crippen molar-refractivity contribution in [1.82, 2.24) is 4.31 Å². The molecule has 2 rings (SSSR count). The van der Waals surface area contributed by atoms with E-state index in [1.54, 1.807) is 6.92 Å². The molecule has 8 nitrogen and oxygen atoms in total. The zero-order valence-electron chi connectivity index (χ0n) is 11.9. The van der Waals surface area contributed by atoms with Crippen molar-refractivity contribution in [2.45, 2.75) is 11.8 Å². The molecule has 1 aliphatic rings. The van der Waals surface area contributed by atoms with Crippen LogP contribution in [-0.4, -0.2) is 50.5 Å². The molecule has 0 amide bonds. The second kappa shape index (κ2) is 6.78. The molecular weight excluding hydrogens is 334 g/mol. The molecule has 0 bridgehead atoms. The molecule has 0 spiro atoms. The van der Waals surface area contributed by atoms with Gasteiger partial charge in [0.1, 0.15) is 10.6 Å². The number of hydrogen-bond acceptors (Lipinski definition) is 6. The molecule has 0 atom stereocenters. The number of rotatable bonds is 5. The summed E-state index contributed by atoms with van der Waals surface area (Å²) in [7, 11) is -3.89. The first kappa shape index (κ1) is 16.9. The van der Waals surface area contributed by atoms with Gasteiger partial charge in [-0.3, -0.25) is 10.1 Å². The molecule has 0 radical (unpaired) electrons. The second-order valence-corrected chi connectivity index (χ2v) is 6.92. The fraction of sp³-hybridized carbons (Fsp3) is 0.500. The quantitative estimate of drug-likeness (QED) is 0.641. The Morgan fingerprint density at radius 3 is 2.59 bits per heavy atom. The minimum Gasteiger partial charge on any atom is -0.380 e. The Bertz CT molecular complexity index is 674. The third kappa shape index (κ3) is 3.32. The molecular formula is C12H16ClN3O5S. The van der Waals surface area contributed by atoms with Crippen molar-refractivity contribution in [3.8, 4) is 0 Å². The molecule has 122 valence electrons. The fourth-order valence-corrected chi connectivity index (χ4v) is 4.08. The standard InChI is InChI=1S/C12H16ClN3O5S/c1-2-14-10-7-9(13)12(8-11(10)16(17)18)22(19,20)15-3-5-21-6-4-15/h7-8,14H,2-6H2,1H3. The summed E-state index contributed by atoms with van der Waals surface area (Å²) in [6, 6.07) is 2.28. The first-order valence-corrected chi connectivity index (χ1v) is 8.49. The van der Waals surface area contributed by atoms with Crippen LogP contribution in [0.2, 0.25) is 5.02 Å². The Hall–Kier alpha value is -1.42. The van der Waals surface area contributed by atoms with Crippen LogP contribution < -0.4 is 5.32 Å². The number of halogens is 1. The first-order valence-electron chi connectivity index (χ1n) is 6.67. The highest BCUT2D eigenvalue weighted by Gasteiger charge is 2.31. The first-order chi connectivity index (χ1) is 10.4. The van der Waals surface area contributed by atoms with Gasteiger partial charge >= 0.3 is 0 Å². The summed E-state index contributed by atoms with van der Waals surface area (Å²) in [5.74, 6) is 0. The van der Waals surface area contributed by atoms with E-state index < -0.39 is 14.9 Å². The molecule has 1 saturated heterocycles. The van der Waals surface area contributed by atoms with E-state index >= 15 is 0 Å². The minimum atomic E-state index is -3.89. The van der Waals surface area contributed by atoms with Gasteiger partial charge < -0.3 is 10.1 Å².